The zero-order chi connectivity index (χ0) is 19.8. The third kappa shape index (κ3) is 3.22. The molecule has 0 amide bonds. The number of thiazole rings is 1. The Hall–Kier alpha value is -1.12. The van der Waals surface area contributed by atoms with Gasteiger partial charge in [0.05, 0.1) is 17.2 Å². The number of fused-ring (bicyclic) bond motifs is 1. The Labute approximate surface area is 176 Å². The van der Waals surface area contributed by atoms with Gasteiger partial charge in [0.25, 0.3) is 0 Å². The molecule has 3 heterocycles. The van der Waals surface area contributed by atoms with E-state index >= 15 is 0 Å². The maximum atomic E-state index is 11.8. The lowest BCUT2D eigenvalue weighted by atomic mass is 9.50. The summed E-state index contributed by atoms with van der Waals surface area (Å²) >= 11 is 1.80. The van der Waals surface area contributed by atoms with Crippen molar-refractivity contribution in [3.8, 4) is 0 Å². The van der Waals surface area contributed by atoms with Crippen molar-refractivity contribution in [2.24, 2.45) is 17.8 Å². The zero-order valence-electron chi connectivity index (χ0n) is 16.9. The molecular formula is C21H28N4O2S2. The van der Waals surface area contributed by atoms with Gasteiger partial charge in [0.2, 0.25) is 0 Å². The standard InChI is InChI=1S/C21H28N4O2S2/c1-13-22-17(12-25-2-4-29(26,27)5-3-25)18-19(23-13)28-20(24-18)21-9-14-6-15(10-21)8-16(7-14)11-21/h14-16H,2-12H2,1H3. The molecule has 7 rings (SSSR count). The van der Waals surface area contributed by atoms with Crippen LogP contribution in [0.5, 0.6) is 0 Å². The Morgan fingerprint density at radius 3 is 2.24 bits per heavy atom. The van der Waals surface area contributed by atoms with E-state index in [2.05, 4.69) is 4.90 Å². The van der Waals surface area contributed by atoms with Gasteiger partial charge in [-0.05, 0) is 63.2 Å². The number of sulfone groups is 1. The fraction of sp³-hybridized carbons (Fsp3) is 0.762. The second-order valence-electron chi connectivity index (χ2n) is 10.0. The van der Waals surface area contributed by atoms with Crippen LogP contribution in [0.25, 0.3) is 10.3 Å². The van der Waals surface area contributed by atoms with Gasteiger partial charge < -0.3 is 0 Å². The van der Waals surface area contributed by atoms with Gasteiger partial charge in [-0.1, -0.05) is 11.3 Å². The van der Waals surface area contributed by atoms with E-state index in [9.17, 15) is 8.42 Å². The minimum atomic E-state index is -2.87. The summed E-state index contributed by atoms with van der Waals surface area (Å²) in [5.41, 5.74) is 2.21. The molecule has 0 spiro atoms. The summed E-state index contributed by atoms with van der Waals surface area (Å²) in [4.78, 5) is 17.9. The summed E-state index contributed by atoms with van der Waals surface area (Å²) in [6.45, 7) is 3.78. The molecule has 4 aliphatic carbocycles. The molecule has 8 heteroatoms. The van der Waals surface area contributed by atoms with Gasteiger partial charge in [-0.2, -0.15) is 0 Å². The fourth-order valence-electron chi connectivity index (χ4n) is 6.83. The highest BCUT2D eigenvalue weighted by atomic mass is 32.2. The number of hydrogen-bond acceptors (Lipinski definition) is 7. The molecule has 2 aromatic rings. The minimum absolute atomic E-state index is 0.246. The van der Waals surface area contributed by atoms with Crippen molar-refractivity contribution in [1.29, 1.82) is 0 Å². The number of aromatic nitrogens is 3. The van der Waals surface area contributed by atoms with Crippen LogP contribution < -0.4 is 0 Å². The van der Waals surface area contributed by atoms with E-state index in [1.54, 1.807) is 11.3 Å². The highest BCUT2D eigenvalue weighted by Gasteiger charge is 2.53. The molecule has 0 unspecified atom stereocenters. The minimum Gasteiger partial charge on any atom is -0.295 e. The van der Waals surface area contributed by atoms with Crippen LogP contribution in [-0.2, 0) is 21.8 Å². The largest absolute Gasteiger partial charge is 0.295 e. The molecule has 156 valence electrons. The number of hydrogen-bond donors (Lipinski definition) is 0. The van der Waals surface area contributed by atoms with Gasteiger partial charge in [-0.25, -0.2) is 23.4 Å². The van der Waals surface area contributed by atoms with Gasteiger partial charge in [0, 0.05) is 25.0 Å². The number of rotatable bonds is 3. The smallest absolute Gasteiger partial charge is 0.152 e. The maximum absolute atomic E-state index is 11.8. The van der Waals surface area contributed by atoms with Gasteiger partial charge in [-0.15, -0.1) is 0 Å². The molecule has 1 aliphatic heterocycles. The first-order valence-electron chi connectivity index (χ1n) is 10.9. The van der Waals surface area contributed by atoms with Gasteiger partial charge in [0.1, 0.15) is 21.2 Å². The summed E-state index contributed by atoms with van der Waals surface area (Å²) in [7, 11) is -2.87. The number of aryl methyl sites for hydroxylation is 1. The van der Waals surface area contributed by atoms with Crippen LogP contribution in [-0.4, -0.2) is 52.9 Å². The lowest BCUT2D eigenvalue weighted by Crippen LogP contribution is -2.48. The molecule has 0 atom stereocenters. The van der Waals surface area contributed by atoms with E-state index in [4.69, 9.17) is 15.0 Å². The third-order valence-corrected chi connectivity index (χ3v) is 10.5. The zero-order valence-corrected chi connectivity index (χ0v) is 18.6. The Morgan fingerprint density at radius 2 is 1.62 bits per heavy atom. The van der Waals surface area contributed by atoms with Gasteiger partial charge >= 0.3 is 0 Å². The average molecular weight is 433 g/mol. The van der Waals surface area contributed by atoms with E-state index in [1.165, 1.54) is 43.5 Å². The summed E-state index contributed by atoms with van der Waals surface area (Å²) in [6, 6.07) is 0. The van der Waals surface area contributed by atoms with Crippen molar-refractivity contribution in [2.45, 2.75) is 57.4 Å². The van der Waals surface area contributed by atoms with Crippen molar-refractivity contribution in [3.63, 3.8) is 0 Å². The van der Waals surface area contributed by atoms with Crippen LogP contribution in [0.4, 0.5) is 0 Å². The van der Waals surface area contributed by atoms with Crippen LogP contribution in [0, 0.1) is 24.7 Å². The Balaban J connectivity index is 1.34. The van der Waals surface area contributed by atoms with Crippen molar-refractivity contribution >= 4 is 31.5 Å². The van der Waals surface area contributed by atoms with Crippen LogP contribution in [0.15, 0.2) is 0 Å². The molecule has 0 radical (unpaired) electrons. The monoisotopic (exact) mass is 432 g/mol. The fourth-order valence-corrected chi connectivity index (χ4v) is 9.33. The summed E-state index contributed by atoms with van der Waals surface area (Å²) in [5, 5.41) is 1.30. The Morgan fingerprint density at radius 1 is 1.00 bits per heavy atom. The highest BCUT2D eigenvalue weighted by Crippen LogP contribution is 2.61. The van der Waals surface area contributed by atoms with Crippen molar-refractivity contribution in [3.05, 3.63) is 16.5 Å². The van der Waals surface area contributed by atoms with E-state index < -0.39 is 9.84 Å². The molecule has 4 saturated carbocycles. The quantitative estimate of drug-likeness (QED) is 0.742. The van der Waals surface area contributed by atoms with E-state index in [0.29, 0.717) is 19.6 Å². The van der Waals surface area contributed by atoms with Crippen LogP contribution in [0.1, 0.15) is 55.1 Å². The molecule has 2 aromatic heterocycles. The summed E-state index contributed by atoms with van der Waals surface area (Å²) in [6.07, 6.45) is 8.24. The predicted octanol–water partition coefficient (Wildman–Crippen LogP) is 3.09. The van der Waals surface area contributed by atoms with Crippen LogP contribution in [0.2, 0.25) is 0 Å². The predicted molar refractivity (Wildman–Crippen MR) is 114 cm³/mol. The molecular weight excluding hydrogens is 404 g/mol. The molecule has 0 aromatic carbocycles. The molecule has 6 nitrogen and oxygen atoms in total. The average Bonchev–Trinajstić information content (AvgIpc) is 3.07. The van der Waals surface area contributed by atoms with E-state index in [1.807, 2.05) is 6.92 Å². The second-order valence-corrected chi connectivity index (χ2v) is 13.3. The topological polar surface area (TPSA) is 76.1 Å². The normalized spacial score (nSPS) is 36.1. The van der Waals surface area contributed by atoms with Crippen LogP contribution in [0.3, 0.4) is 0 Å². The molecule has 1 saturated heterocycles. The molecule has 4 bridgehead atoms. The van der Waals surface area contributed by atoms with Crippen molar-refractivity contribution < 1.29 is 8.42 Å². The molecule has 0 N–H and O–H groups in total. The van der Waals surface area contributed by atoms with E-state index in [0.717, 1.165) is 39.6 Å². The van der Waals surface area contributed by atoms with Crippen molar-refractivity contribution in [1.82, 2.24) is 19.9 Å². The Bertz CT molecular complexity index is 1030. The van der Waals surface area contributed by atoms with Crippen molar-refractivity contribution in [2.75, 3.05) is 24.6 Å². The first-order valence-corrected chi connectivity index (χ1v) is 13.6. The maximum Gasteiger partial charge on any atom is 0.152 e. The first kappa shape index (κ1) is 18.6. The number of nitrogens with zero attached hydrogens (tertiary/aromatic N) is 4. The molecule has 29 heavy (non-hydrogen) atoms. The van der Waals surface area contributed by atoms with Gasteiger partial charge in [0.15, 0.2) is 9.84 Å². The second kappa shape index (κ2) is 6.44. The highest BCUT2D eigenvalue weighted by molar-refractivity contribution is 7.91. The lowest BCUT2D eigenvalue weighted by Gasteiger charge is -2.56. The SMILES string of the molecule is Cc1nc(CN2CCS(=O)(=O)CC2)c2nc(C34CC5CC(CC(C5)C3)C4)sc2n1. The van der Waals surface area contributed by atoms with Gasteiger partial charge in [-0.3, -0.25) is 4.90 Å². The Kier molecular flexibility index (Phi) is 4.14. The first-order chi connectivity index (χ1) is 13.9. The van der Waals surface area contributed by atoms with Crippen LogP contribution >= 0.6 is 11.3 Å². The summed E-state index contributed by atoms with van der Waals surface area (Å²) < 4.78 is 23.5. The van der Waals surface area contributed by atoms with E-state index in [-0.39, 0.29) is 16.9 Å². The molecule has 5 aliphatic rings. The molecule has 5 fully saturated rings. The third-order valence-electron chi connectivity index (χ3n) is 7.75. The lowest BCUT2D eigenvalue weighted by molar-refractivity contribution is -0.00519. The summed E-state index contributed by atoms with van der Waals surface area (Å²) in [5.74, 6) is 3.98.